The van der Waals surface area contributed by atoms with Crippen LogP contribution in [-0.4, -0.2) is 35.7 Å². The first-order valence-corrected chi connectivity index (χ1v) is 7.88. The van der Waals surface area contributed by atoms with Gasteiger partial charge in [0.15, 0.2) is 18.1 Å². The maximum atomic E-state index is 10.9. The number of benzene rings is 1. The Bertz CT molecular complexity index is 841. The molecule has 0 spiro atoms. The smallest absolute Gasteiger partial charge is 0.287 e. The number of hydrazone groups is 1. The summed E-state index contributed by atoms with van der Waals surface area (Å²) >= 11 is 3.33. The number of hydrogen-bond acceptors (Lipinski definition) is 8. The first-order chi connectivity index (χ1) is 12.4. The van der Waals surface area contributed by atoms with Crippen LogP contribution in [0.4, 0.5) is 11.5 Å². The molecule has 1 aromatic heterocycles. The molecule has 26 heavy (non-hydrogen) atoms. The average molecular weight is 424 g/mol. The van der Waals surface area contributed by atoms with Crippen LogP contribution in [0.2, 0.25) is 0 Å². The Hall–Kier alpha value is -3.21. The number of nitrogens with zero attached hydrogens (tertiary/aromatic N) is 3. The average Bonchev–Trinajstić information content (AvgIpc) is 2.60. The number of carbonyl (C=O) groups is 1. The van der Waals surface area contributed by atoms with Crippen molar-refractivity contribution < 1.29 is 19.2 Å². The highest BCUT2D eigenvalue weighted by Crippen LogP contribution is 2.36. The van der Waals surface area contributed by atoms with Crippen LogP contribution in [0.5, 0.6) is 11.5 Å². The van der Waals surface area contributed by atoms with Gasteiger partial charge in [0.05, 0.1) is 22.7 Å². The Morgan fingerprint density at radius 1 is 1.50 bits per heavy atom. The highest BCUT2D eigenvalue weighted by atomic mass is 79.9. The largest absolute Gasteiger partial charge is 0.493 e. The van der Waals surface area contributed by atoms with Crippen LogP contribution < -0.4 is 20.6 Å². The molecule has 0 saturated heterocycles. The van der Waals surface area contributed by atoms with Gasteiger partial charge in [0, 0.05) is 6.07 Å². The standard InChI is InChI=1S/C15H14BrN5O5/c1-25-12-5-9(4-11(16)15(12)26-8-13(17)22)6-19-20-14-3-2-10(7-18-14)21(23)24/h2-7H,8H2,1H3,(H2,17,22)(H,18,20)/b19-6-. The summed E-state index contributed by atoms with van der Waals surface area (Å²) in [7, 11) is 1.46. The van der Waals surface area contributed by atoms with Crippen LogP contribution in [0.15, 0.2) is 40.0 Å². The molecule has 0 bridgehead atoms. The summed E-state index contributed by atoms with van der Waals surface area (Å²) < 4.78 is 11.1. The lowest BCUT2D eigenvalue weighted by molar-refractivity contribution is -0.385. The van der Waals surface area contributed by atoms with Gasteiger partial charge in [-0.05, 0) is 39.7 Å². The summed E-state index contributed by atoms with van der Waals surface area (Å²) in [5, 5.41) is 14.6. The molecule has 0 fully saturated rings. The number of anilines is 1. The molecule has 1 heterocycles. The van der Waals surface area contributed by atoms with E-state index in [-0.39, 0.29) is 12.3 Å². The molecule has 0 unspecified atom stereocenters. The Labute approximate surface area is 156 Å². The molecule has 0 radical (unpaired) electrons. The monoisotopic (exact) mass is 423 g/mol. The fourth-order valence-electron chi connectivity index (χ4n) is 1.83. The van der Waals surface area contributed by atoms with E-state index < -0.39 is 10.8 Å². The van der Waals surface area contributed by atoms with E-state index in [2.05, 4.69) is 31.4 Å². The Morgan fingerprint density at radius 3 is 2.85 bits per heavy atom. The highest BCUT2D eigenvalue weighted by molar-refractivity contribution is 9.10. The van der Waals surface area contributed by atoms with Gasteiger partial charge in [-0.2, -0.15) is 5.10 Å². The number of nitrogens with two attached hydrogens (primary N) is 1. The van der Waals surface area contributed by atoms with Crippen LogP contribution in [-0.2, 0) is 4.79 Å². The summed E-state index contributed by atoms with van der Waals surface area (Å²) in [5.41, 5.74) is 8.27. The van der Waals surface area contributed by atoms with Crippen LogP contribution in [0.3, 0.4) is 0 Å². The number of amides is 1. The first kappa shape index (κ1) is 19.1. The molecule has 136 valence electrons. The van der Waals surface area contributed by atoms with E-state index in [9.17, 15) is 14.9 Å². The maximum Gasteiger partial charge on any atom is 0.287 e. The van der Waals surface area contributed by atoms with Gasteiger partial charge in [-0.25, -0.2) is 4.98 Å². The molecule has 1 amide bonds. The molecule has 2 rings (SSSR count). The molecule has 10 nitrogen and oxygen atoms in total. The minimum absolute atomic E-state index is 0.111. The molecule has 11 heteroatoms. The third-order valence-corrected chi connectivity index (χ3v) is 3.55. The molecule has 0 aliphatic rings. The minimum Gasteiger partial charge on any atom is -0.493 e. The predicted octanol–water partition coefficient (Wildman–Crippen LogP) is 2.07. The number of methoxy groups -OCH3 is 1. The quantitative estimate of drug-likeness (QED) is 0.375. The molecule has 2 aromatic rings. The second-order valence-electron chi connectivity index (χ2n) is 4.82. The van der Waals surface area contributed by atoms with Crippen LogP contribution in [0.25, 0.3) is 0 Å². The molecular weight excluding hydrogens is 410 g/mol. The summed E-state index contributed by atoms with van der Waals surface area (Å²) in [5.74, 6) is 0.465. The van der Waals surface area contributed by atoms with Crippen molar-refractivity contribution >= 4 is 39.6 Å². The lowest BCUT2D eigenvalue weighted by Crippen LogP contribution is -2.20. The number of primary amides is 1. The molecule has 0 aliphatic carbocycles. The fraction of sp³-hybridized carbons (Fsp3) is 0.133. The Balaban J connectivity index is 2.10. The number of nitro groups is 1. The second kappa shape index (κ2) is 8.76. The lowest BCUT2D eigenvalue weighted by atomic mass is 10.2. The number of rotatable bonds is 8. The summed E-state index contributed by atoms with van der Waals surface area (Å²) in [6, 6.07) is 6.10. The van der Waals surface area contributed by atoms with Crippen molar-refractivity contribution in [2.45, 2.75) is 0 Å². The van der Waals surface area contributed by atoms with E-state index in [4.69, 9.17) is 15.2 Å². The van der Waals surface area contributed by atoms with E-state index in [1.807, 2.05) is 0 Å². The third-order valence-electron chi connectivity index (χ3n) is 2.96. The maximum absolute atomic E-state index is 10.9. The Kier molecular flexibility index (Phi) is 6.44. The molecule has 0 saturated carbocycles. The van der Waals surface area contributed by atoms with E-state index in [1.54, 1.807) is 12.1 Å². The summed E-state index contributed by atoms with van der Waals surface area (Å²) in [6.45, 7) is -0.282. The van der Waals surface area contributed by atoms with E-state index >= 15 is 0 Å². The van der Waals surface area contributed by atoms with Crippen molar-refractivity contribution in [2.75, 3.05) is 19.1 Å². The van der Waals surface area contributed by atoms with E-state index in [0.29, 0.717) is 27.4 Å². The van der Waals surface area contributed by atoms with Gasteiger partial charge in [0.1, 0.15) is 12.0 Å². The Morgan fingerprint density at radius 2 is 2.27 bits per heavy atom. The number of aromatic nitrogens is 1. The van der Waals surface area contributed by atoms with Crippen molar-refractivity contribution in [3.8, 4) is 11.5 Å². The molecule has 3 N–H and O–H groups in total. The summed E-state index contributed by atoms with van der Waals surface area (Å²) in [4.78, 5) is 24.8. The normalized spacial score (nSPS) is 10.5. The van der Waals surface area contributed by atoms with E-state index in [1.165, 1.54) is 25.5 Å². The lowest BCUT2D eigenvalue weighted by Gasteiger charge is -2.12. The first-order valence-electron chi connectivity index (χ1n) is 7.09. The molecule has 0 aliphatic heterocycles. The van der Waals surface area contributed by atoms with Gasteiger partial charge in [-0.1, -0.05) is 0 Å². The topological polar surface area (TPSA) is 142 Å². The number of halogens is 1. The van der Waals surface area contributed by atoms with Crippen LogP contribution in [0, 0.1) is 10.1 Å². The number of carbonyl (C=O) groups excluding carboxylic acids is 1. The molecule has 0 atom stereocenters. The van der Waals surface area contributed by atoms with Crippen molar-refractivity contribution in [1.29, 1.82) is 0 Å². The van der Waals surface area contributed by atoms with Gasteiger partial charge < -0.3 is 15.2 Å². The van der Waals surface area contributed by atoms with Gasteiger partial charge in [0.2, 0.25) is 0 Å². The SMILES string of the molecule is COc1cc(/C=N\Nc2ccc([N+](=O)[O-])cn2)cc(Br)c1OCC(N)=O. The van der Waals surface area contributed by atoms with Gasteiger partial charge in [0.25, 0.3) is 11.6 Å². The summed E-state index contributed by atoms with van der Waals surface area (Å²) in [6.07, 6.45) is 2.62. The predicted molar refractivity (Wildman–Crippen MR) is 97.5 cm³/mol. The zero-order valence-electron chi connectivity index (χ0n) is 13.5. The number of ether oxygens (including phenoxy) is 2. The number of nitrogens with one attached hydrogen (secondary N) is 1. The van der Waals surface area contributed by atoms with Crippen LogP contribution >= 0.6 is 15.9 Å². The second-order valence-corrected chi connectivity index (χ2v) is 5.67. The van der Waals surface area contributed by atoms with Gasteiger partial charge >= 0.3 is 0 Å². The number of hydrogen-bond donors (Lipinski definition) is 2. The van der Waals surface area contributed by atoms with Crippen molar-refractivity contribution in [3.63, 3.8) is 0 Å². The third kappa shape index (κ3) is 5.14. The van der Waals surface area contributed by atoms with Gasteiger partial charge in [-0.3, -0.25) is 20.3 Å². The zero-order chi connectivity index (χ0) is 19.1. The highest BCUT2D eigenvalue weighted by Gasteiger charge is 2.12. The zero-order valence-corrected chi connectivity index (χ0v) is 15.1. The van der Waals surface area contributed by atoms with Crippen molar-refractivity contribution in [1.82, 2.24) is 4.98 Å². The van der Waals surface area contributed by atoms with E-state index in [0.717, 1.165) is 6.20 Å². The number of pyridine rings is 1. The van der Waals surface area contributed by atoms with Gasteiger partial charge in [-0.15, -0.1) is 0 Å². The minimum atomic E-state index is -0.607. The fourth-order valence-corrected chi connectivity index (χ4v) is 2.41. The molecule has 1 aromatic carbocycles. The van der Waals surface area contributed by atoms with Crippen molar-refractivity contribution in [3.05, 3.63) is 50.6 Å². The molecular formula is C15H14BrN5O5. The van der Waals surface area contributed by atoms with Crippen LogP contribution in [0.1, 0.15) is 5.56 Å². The van der Waals surface area contributed by atoms with Crippen molar-refractivity contribution in [2.24, 2.45) is 10.8 Å².